The minimum atomic E-state index is -0.0509. The summed E-state index contributed by atoms with van der Waals surface area (Å²) in [4.78, 5) is 22.7. The summed E-state index contributed by atoms with van der Waals surface area (Å²) in [5.74, 6) is 1.77. The summed E-state index contributed by atoms with van der Waals surface area (Å²) in [5, 5.41) is 3.68. The maximum absolute atomic E-state index is 13.3. The van der Waals surface area contributed by atoms with Gasteiger partial charge in [0.05, 0.1) is 0 Å². The van der Waals surface area contributed by atoms with E-state index in [9.17, 15) is 4.79 Å². The molecule has 0 spiro atoms. The Morgan fingerprint density at radius 1 is 1.23 bits per heavy atom. The van der Waals surface area contributed by atoms with Crippen LogP contribution >= 0.6 is 0 Å². The van der Waals surface area contributed by atoms with Gasteiger partial charge in [-0.15, -0.1) is 0 Å². The van der Waals surface area contributed by atoms with Gasteiger partial charge in [0.1, 0.15) is 5.84 Å². The number of likely N-dealkylation sites (tertiary alicyclic amines) is 1. The van der Waals surface area contributed by atoms with E-state index in [4.69, 9.17) is 4.99 Å². The van der Waals surface area contributed by atoms with Crippen molar-refractivity contribution in [1.29, 1.82) is 0 Å². The molecule has 0 aliphatic carbocycles. The second kappa shape index (κ2) is 16.5. The summed E-state index contributed by atoms with van der Waals surface area (Å²) in [7, 11) is 2.18. The molecule has 0 radical (unpaired) electrons. The Morgan fingerprint density at radius 3 is 2.49 bits per heavy atom. The van der Waals surface area contributed by atoms with Crippen LogP contribution in [0.1, 0.15) is 100 Å². The molecule has 2 atom stereocenters. The van der Waals surface area contributed by atoms with Crippen molar-refractivity contribution in [3.8, 4) is 0 Å². The van der Waals surface area contributed by atoms with E-state index in [1.165, 1.54) is 36.8 Å². The third kappa shape index (κ3) is 9.81. The van der Waals surface area contributed by atoms with Gasteiger partial charge in [0.15, 0.2) is 0 Å². The van der Waals surface area contributed by atoms with E-state index in [1.54, 1.807) is 0 Å². The standard InChI is InChI=1S/C32H56N5O.Hg/c1-10-13-14-15-25(5)36(9)26(6)34-23-29-28(16-19-33-30(29)11-2)27-17-20-37(21-18-27)31(38)24(4)22-32(7,8)35-12-3;/h16,22-23,25,27,30,33H,10-15,17-21H2,1-9H3;/q-1;+1/b24-22+,29-23-,34-26?;/t25-,30?;/m0./s1. The van der Waals surface area contributed by atoms with Gasteiger partial charge in [0.2, 0.25) is 0 Å². The van der Waals surface area contributed by atoms with Crippen LogP contribution in [0, 0.1) is 5.92 Å². The summed E-state index contributed by atoms with van der Waals surface area (Å²) in [6.45, 7) is 21.2. The van der Waals surface area contributed by atoms with E-state index in [0.717, 1.165) is 56.9 Å². The van der Waals surface area contributed by atoms with Crippen LogP contribution < -0.4 is 5.32 Å². The first-order valence-electron chi connectivity index (χ1n) is 15.4. The van der Waals surface area contributed by atoms with E-state index in [0.29, 0.717) is 44.4 Å². The molecule has 0 bridgehead atoms. The van der Waals surface area contributed by atoms with Crippen molar-refractivity contribution < 1.29 is 31.2 Å². The first kappa shape index (κ1) is 34.2. The van der Waals surface area contributed by atoms with E-state index >= 15 is 0 Å². The van der Waals surface area contributed by atoms with Crippen LogP contribution in [0.3, 0.4) is 0 Å². The number of amidine groups is 1. The summed E-state index contributed by atoms with van der Waals surface area (Å²) in [6, 6.07) is 0.830. The fraction of sp³-hybridized carbons (Fsp3) is 0.750. The predicted octanol–water partition coefficient (Wildman–Crippen LogP) is 6.24. The van der Waals surface area contributed by atoms with Gasteiger partial charge in [0, 0.05) is 13.1 Å². The fourth-order valence-electron chi connectivity index (χ4n) is 5.86. The summed E-state index contributed by atoms with van der Waals surface area (Å²) >= 11 is 0.540. The Morgan fingerprint density at radius 2 is 1.90 bits per heavy atom. The number of rotatable bonds is 12. The number of carbonyl (C=O) groups is 1. The van der Waals surface area contributed by atoms with Crippen molar-refractivity contribution in [2.75, 3.05) is 33.2 Å². The van der Waals surface area contributed by atoms with Gasteiger partial charge in [-0.2, -0.15) is 0 Å². The van der Waals surface area contributed by atoms with Crippen LogP contribution in [0.15, 0.2) is 40.1 Å². The van der Waals surface area contributed by atoms with Crippen molar-refractivity contribution >= 4 is 11.7 Å². The molecule has 0 aromatic heterocycles. The number of unbranched alkanes of at least 4 members (excludes halogenated alkanes) is 2. The number of nitrogens with zero attached hydrogens (tertiary/aromatic N) is 4. The molecule has 1 fully saturated rings. The van der Waals surface area contributed by atoms with Crippen LogP contribution in [-0.2, 0) is 31.2 Å². The zero-order valence-electron chi connectivity index (χ0n) is 26.6. The molecular formula is C32H56HgN5O. The second-order valence-electron chi connectivity index (χ2n) is 12.1. The normalized spacial score (nSPS) is 21.9. The van der Waals surface area contributed by atoms with Crippen molar-refractivity contribution in [1.82, 2.24) is 17.8 Å². The maximum atomic E-state index is 13.3. The number of aliphatic imine (C=N–C) groups is 1. The molecule has 6 nitrogen and oxygen atoms in total. The molecule has 2 rings (SSSR count). The molecule has 2 aliphatic heterocycles. The van der Waals surface area contributed by atoms with Gasteiger partial charge in [0.25, 0.3) is 0 Å². The van der Waals surface area contributed by atoms with Crippen molar-refractivity contribution in [3.05, 3.63) is 35.1 Å². The average molecular weight is 727 g/mol. The number of nitrogens with one attached hydrogen (secondary N) is 1. The summed E-state index contributed by atoms with van der Waals surface area (Å²) in [5.41, 5.74) is 3.62. The topological polar surface area (TPSA) is 51.2 Å². The van der Waals surface area contributed by atoms with Gasteiger partial charge in [-0.3, -0.25) is 0 Å². The zero-order chi connectivity index (χ0) is 29.2. The molecule has 7 heteroatoms. The molecule has 1 N–H and O–H groups in total. The number of hydrogen-bond donors (Lipinski definition) is 1. The number of piperidine rings is 1. The monoisotopic (exact) mass is 728 g/mol. The minimum absolute atomic E-state index is 0.0509. The molecule has 2 aliphatic rings. The molecular weight excluding hydrogens is 671 g/mol. The molecule has 1 saturated heterocycles. The quantitative estimate of drug-likeness (QED) is 0.0851. The Labute approximate surface area is 256 Å². The average Bonchev–Trinajstić information content (AvgIpc) is 2.94. The Balaban J connectivity index is 2.12. The van der Waals surface area contributed by atoms with Crippen LogP contribution in [-0.4, -0.2) is 75.1 Å². The Hall–Kier alpha value is -0.985. The van der Waals surface area contributed by atoms with E-state index in [1.807, 2.05) is 6.92 Å². The summed E-state index contributed by atoms with van der Waals surface area (Å²) in [6.07, 6.45) is 14.8. The predicted molar refractivity (Wildman–Crippen MR) is 162 cm³/mol. The van der Waals surface area contributed by atoms with E-state index in [-0.39, 0.29) is 11.4 Å². The Bertz CT molecular complexity index is 914. The van der Waals surface area contributed by atoms with Gasteiger partial charge < -0.3 is 10.2 Å². The first-order valence-corrected chi connectivity index (χ1v) is 17.9. The SMILES string of the molecule is CCCCC[C@H](C)N(C)C(C)=N/C=C1/C(C2CCN(C(=O)/C(C)=C/C(C)(C)[N]([Hg])CC)CC2)=CCNC1CC. The first-order chi connectivity index (χ1) is 18.5. The molecule has 39 heavy (non-hydrogen) atoms. The second-order valence-corrected chi connectivity index (χ2v) is 15.1. The molecule has 0 saturated carbocycles. The van der Waals surface area contributed by atoms with E-state index in [2.05, 4.69) is 91.6 Å². The smallest absolute Gasteiger partial charge is 0.306 e. The minimum Gasteiger partial charge on any atom is -0.306 e. The summed E-state index contributed by atoms with van der Waals surface area (Å²) < 4.78 is 2.46. The fourth-order valence-corrected chi connectivity index (χ4v) is 6.22. The third-order valence-corrected chi connectivity index (χ3v) is 13.8. The molecule has 0 aromatic carbocycles. The molecule has 2 heterocycles. The Kier molecular flexibility index (Phi) is 14.4. The van der Waals surface area contributed by atoms with Gasteiger partial charge in [-0.05, 0) is 26.7 Å². The molecule has 217 valence electrons. The van der Waals surface area contributed by atoms with Gasteiger partial charge in [-0.1, -0.05) is 33.1 Å². The molecule has 0 aromatic rings. The van der Waals surface area contributed by atoms with Crippen molar-refractivity contribution in [3.63, 3.8) is 0 Å². The van der Waals surface area contributed by atoms with E-state index < -0.39 is 0 Å². The van der Waals surface area contributed by atoms with Crippen LogP contribution in [0.2, 0.25) is 0 Å². The third-order valence-electron chi connectivity index (χ3n) is 8.92. The van der Waals surface area contributed by atoms with Crippen LogP contribution in [0.5, 0.6) is 0 Å². The number of hydrogen-bond acceptors (Lipinski definition) is 4. The van der Waals surface area contributed by atoms with Gasteiger partial charge in [-0.25, -0.2) is 4.99 Å². The number of amides is 1. The molecule has 1 amide bonds. The van der Waals surface area contributed by atoms with Crippen LogP contribution in [0.4, 0.5) is 0 Å². The zero-order valence-corrected chi connectivity index (χ0v) is 32.1. The van der Waals surface area contributed by atoms with Crippen molar-refractivity contribution in [2.45, 2.75) is 118 Å². The van der Waals surface area contributed by atoms with Gasteiger partial charge >= 0.3 is 164 Å². The number of likely N-dealkylation sites (N-methyl/N-ethyl adjacent to an activating group) is 1. The van der Waals surface area contributed by atoms with Crippen molar-refractivity contribution in [2.24, 2.45) is 10.9 Å². The van der Waals surface area contributed by atoms with Crippen LogP contribution in [0.25, 0.3) is 0 Å². The number of carbonyl (C=O) groups excluding carboxylic acids is 1. The molecule has 1 unspecified atom stereocenters.